The van der Waals surface area contributed by atoms with Crippen LogP contribution in [0.4, 0.5) is 0 Å². The van der Waals surface area contributed by atoms with Gasteiger partial charge in [-0.15, -0.1) is 11.3 Å². The molecule has 0 amide bonds. The van der Waals surface area contributed by atoms with E-state index >= 15 is 0 Å². The van der Waals surface area contributed by atoms with Crippen LogP contribution in [0.15, 0.2) is 29.6 Å². The van der Waals surface area contributed by atoms with Crippen molar-refractivity contribution >= 4 is 27.4 Å². The molecule has 3 rings (SSSR count). The fraction of sp³-hybridized carbons (Fsp3) is 0.357. The highest BCUT2D eigenvalue weighted by atomic mass is 32.1. The Kier molecular flexibility index (Phi) is 2.44. The summed E-state index contributed by atoms with van der Waals surface area (Å²) in [6.45, 7) is 0. The van der Waals surface area contributed by atoms with Gasteiger partial charge in [0.05, 0.1) is 5.41 Å². The largest absolute Gasteiger partial charge is 0.481 e. The van der Waals surface area contributed by atoms with Gasteiger partial charge in [-0.1, -0.05) is 24.6 Å². The van der Waals surface area contributed by atoms with Gasteiger partial charge in [0.1, 0.15) is 0 Å². The Morgan fingerprint density at radius 3 is 2.76 bits per heavy atom. The molecule has 88 valence electrons. The quantitative estimate of drug-likeness (QED) is 0.896. The van der Waals surface area contributed by atoms with E-state index < -0.39 is 11.4 Å². The van der Waals surface area contributed by atoms with E-state index in [1.165, 1.54) is 15.6 Å². The molecule has 2 nitrogen and oxygen atoms in total. The van der Waals surface area contributed by atoms with Gasteiger partial charge in [-0.05, 0) is 41.7 Å². The number of fused-ring (bicyclic) bond motifs is 1. The van der Waals surface area contributed by atoms with Gasteiger partial charge < -0.3 is 5.11 Å². The fourth-order valence-corrected chi connectivity index (χ4v) is 3.57. The molecule has 1 aliphatic rings. The van der Waals surface area contributed by atoms with E-state index in [1.807, 2.05) is 12.1 Å². The molecule has 1 fully saturated rings. The van der Waals surface area contributed by atoms with Crippen molar-refractivity contribution < 1.29 is 9.90 Å². The molecule has 2 aromatic rings. The van der Waals surface area contributed by atoms with Crippen molar-refractivity contribution in [3.63, 3.8) is 0 Å². The van der Waals surface area contributed by atoms with Gasteiger partial charge in [0, 0.05) is 4.70 Å². The molecule has 0 aliphatic heterocycles. The molecule has 0 atom stereocenters. The number of rotatable bonds is 3. The van der Waals surface area contributed by atoms with E-state index in [4.69, 9.17) is 0 Å². The molecule has 0 spiro atoms. The van der Waals surface area contributed by atoms with Crippen LogP contribution in [-0.2, 0) is 11.2 Å². The van der Waals surface area contributed by atoms with Crippen LogP contribution in [-0.4, -0.2) is 11.1 Å². The predicted octanol–water partition coefficient (Wildman–Crippen LogP) is 3.70. The van der Waals surface area contributed by atoms with Gasteiger partial charge in [0.2, 0.25) is 0 Å². The Labute approximate surface area is 104 Å². The van der Waals surface area contributed by atoms with Gasteiger partial charge in [0.25, 0.3) is 0 Å². The zero-order chi connectivity index (χ0) is 11.9. The Morgan fingerprint density at radius 1 is 1.35 bits per heavy atom. The minimum absolute atomic E-state index is 0.482. The third-order valence-corrected chi connectivity index (χ3v) is 4.87. The number of carbonyl (C=O) groups is 1. The highest BCUT2D eigenvalue weighted by Gasteiger charge is 2.44. The van der Waals surface area contributed by atoms with E-state index in [9.17, 15) is 9.90 Å². The molecule has 0 unspecified atom stereocenters. The number of benzene rings is 1. The second-order valence-corrected chi connectivity index (χ2v) is 5.78. The Hall–Kier alpha value is -1.35. The number of hydrogen-bond acceptors (Lipinski definition) is 2. The Bertz CT molecular complexity index is 566. The van der Waals surface area contributed by atoms with Crippen LogP contribution < -0.4 is 0 Å². The molecule has 0 saturated heterocycles. The lowest BCUT2D eigenvalue weighted by molar-refractivity contribution is -0.154. The Morgan fingerprint density at radius 2 is 2.12 bits per heavy atom. The monoisotopic (exact) mass is 246 g/mol. The third kappa shape index (κ3) is 1.65. The van der Waals surface area contributed by atoms with Gasteiger partial charge in [-0.2, -0.15) is 0 Å². The van der Waals surface area contributed by atoms with Crippen molar-refractivity contribution in [2.75, 3.05) is 0 Å². The first-order valence-electron chi connectivity index (χ1n) is 5.90. The SMILES string of the molecule is O=C(O)C1(Cc2csc3ccccc23)CCC1. The molecule has 1 aromatic heterocycles. The molecule has 1 N–H and O–H groups in total. The second-order valence-electron chi connectivity index (χ2n) is 4.87. The molecular formula is C14H14O2S. The highest BCUT2D eigenvalue weighted by Crippen LogP contribution is 2.45. The van der Waals surface area contributed by atoms with E-state index in [0.29, 0.717) is 6.42 Å². The van der Waals surface area contributed by atoms with E-state index in [-0.39, 0.29) is 0 Å². The minimum atomic E-state index is -0.626. The van der Waals surface area contributed by atoms with Crippen LogP contribution in [0.3, 0.4) is 0 Å². The van der Waals surface area contributed by atoms with Crippen LogP contribution >= 0.6 is 11.3 Å². The van der Waals surface area contributed by atoms with Crippen molar-refractivity contribution in [1.82, 2.24) is 0 Å². The summed E-state index contributed by atoms with van der Waals surface area (Å²) in [7, 11) is 0. The van der Waals surface area contributed by atoms with E-state index in [0.717, 1.165) is 19.3 Å². The number of aliphatic carboxylic acids is 1. The van der Waals surface area contributed by atoms with Crippen molar-refractivity contribution in [2.24, 2.45) is 5.41 Å². The zero-order valence-corrected chi connectivity index (χ0v) is 10.3. The molecule has 0 bridgehead atoms. The zero-order valence-electron chi connectivity index (χ0n) is 9.48. The molecular weight excluding hydrogens is 232 g/mol. The smallest absolute Gasteiger partial charge is 0.309 e. The Balaban J connectivity index is 1.97. The maximum atomic E-state index is 11.4. The molecule has 1 aliphatic carbocycles. The summed E-state index contributed by atoms with van der Waals surface area (Å²) >= 11 is 1.71. The third-order valence-electron chi connectivity index (χ3n) is 3.85. The lowest BCUT2D eigenvalue weighted by Gasteiger charge is -2.37. The van der Waals surface area contributed by atoms with E-state index in [2.05, 4.69) is 17.5 Å². The average Bonchev–Trinajstić information content (AvgIpc) is 2.66. The first-order chi connectivity index (χ1) is 8.21. The van der Waals surface area contributed by atoms with Crippen LogP contribution in [0, 0.1) is 5.41 Å². The van der Waals surface area contributed by atoms with Gasteiger partial charge in [-0.3, -0.25) is 4.79 Å². The van der Waals surface area contributed by atoms with Crippen molar-refractivity contribution in [1.29, 1.82) is 0 Å². The molecule has 1 aromatic carbocycles. The standard InChI is InChI=1S/C14H14O2S/c15-13(16)14(6-3-7-14)8-10-9-17-12-5-2-1-4-11(10)12/h1-2,4-5,9H,3,6-8H2,(H,15,16). The number of thiophene rings is 1. The van der Waals surface area contributed by atoms with Crippen molar-refractivity contribution in [3.8, 4) is 0 Å². The maximum absolute atomic E-state index is 11.4. The van der Waals surface area contributed by atoms with Crippen LogP contribution in [0.5, 0.6) is 0 Å². The summed E-state index contributed by atoms with van der Waals surface area (Å²) in [5.41, 5.74) is 0.719. The first-order valence-corrected chi connectivity index (χ1v) is 6.78. The second kappa shape index (κ2) is 3.84. The molecule has 1 heterocycles. The maximum Gasteiger partial charge on any atom is 0.309 e. The normalized spacial score (nSPS) is 17.9. The lowest BCUT2D eigenvalue weighted by atomic mass is 9.65. The molecule has 0 radical (unpaired) electrons. The van der Waals surface area contributed by atoms with E-state index in [1.54, 1.807) is 11.3 Å². The first kappa shape index (κ1) is 10.8. The summed E-state index contributed by atoms with van der Waals surface area (Å²) in [6.07, 6.45) is 3.39. The molecule has 1 saturated carbocycles. The highest BCUT2D eigenvalue weighted by molar-refractivity contribution is 7.17. The number of carboxylic acids is 1. The van der Waals surface area contributed by atoms with Gasteiger partial charge in [0.15, 0.2) is 0 Å². The summed E-state index contributed by atoms with van der Waals surface area (Å²) in [4.78, 5) is 11.4. The van der Waals surface area contributed by atoms with Gasteiger partial charge in [-0.25, -0.2) is 0 Å². The fourth-order valence-electron chi connectivity index (χ4n) is 2.60. The number of hydrogen-bond donors (Lipinski definition) is 1. The van der Waals surface area contributed by atoms with Crippen molar-refractivity contribution in [3.05, 3.63) is 35.2 Å². The predicted molar refractivity (Wildman–Crippen MR) is 69.4 cm³/mol. The lowest BCUT2D eigenvalue weighted by Crippen LogP contribution is -2.39. The van der Waals surface area contributed by atoms with Crippen LogP contribution in [0.2, 0.25) is 0 Å². The number of carboxylic acid groups (broad SMARTS) is 1. The van der Waals surface area contributed by atoms with Crippen molar-refractivity contribution in [2.45, 2.75) is 25.7 Å². The van der Waals surface area contributed by atoms with Crippen LogP contribution in [0.1, 0.15) is 24.8 Å². The topological polar surface area (TPSA) is 37.3 Å². The molecule has 3 heteroatoms. The van der Waals surface area contributed by atoms with Gasteiger partial charge >= 0.3 is 5.97 Å². The van der Waals surface area contributed by atoms with Crippen LogP contribution in [0.25, 0.3) is 10.1 Å². The summed E-state index contributed by atoms with van der Waals surface area (Å²) in [6, 6.07) is 8.23. The summed E-state index contributed by atoms with van der Waals surface area (Å²) in [5, 5.41) is 12.7. The summed E-state index contributed by atoms with van der Waals surface area (Å²) < 4.78 is 1.25. The molecule has 17 heavy (non-hydrogen) atoms. The minimum Gasteiger partial charge on any atom is -0.481 e. The summed E-state index contributed by atoms with van der Waals surface area (Å²) in [5.74, 6) is -0.626. The average molecular weight is 246 g/mol.